The van der Waals surface area contributed by atoms with Gasteiger partial charge in [0, 0.05) is 24.9 Å². The van der Waals surface area contributed by atoms with Crippen LogP contribution in [0.5, 0.6) is 0 Å². The van der Waals surface area contributed by atoms with Crippen molar-refractivity contribution in [3.8, 4) is 0 Å². The van der Waals surface area contributed by atoms with E-state index in [-0.39, 0.29) is 0 Å². The molecule has 0 aliphatic carbocycles. The molecule has 4 nitrogen and oxygen atoms in total. The molecule has 1 aliphatic heterocycles. The lowest BCUT2D eigenvalue weighted by Crippen LogP contribution is -2.17. The van der Waals surface area contributed by atoms with Crippen LogP contribution >= 0.6 is 0 Å². The SMILES string of the molecule is CCCCCCCC(=O)O.CN1CCCC1c1cccnc1. The topological polar surface area (TPSA) is 53.4 Å². The van der Waals surface area contributed by atoms with Gasteiger partial charge in [0.25, 0.3) is 0 Å². The van der Waals surface area contributed by atoms with Crippen LogP contribution in [0.15, 0.2) is 24.5 Å². The third-order valence-corrected chi connectivity index (χ3v) is 4.08. The molecule has 22 heavy (non-hydrogen) atoms. The van der Waals surface area contributed by atoms with Crippen molar-refractivity contribution >= 4 is 5.97 Å². The molecule has 1 fully saturated rings. The lowest BCUT2D eigenvalue weighted by Gasteiger charge is -2.18. The molecule has 2 rings (SSSR count). The van der Waals surface area contributed by atoms with Crippen molar-refractivity contribution < 1.29 is 9.90 Å². The maximum Gasteiger partial charge on any atom is 0.303 e. The van der Waals surface area contributed by atoms with Crippen molar-refractivity contribution in [3.63, 3.8) is 0 Å². The van der Waals surface area contributed by atoms with E-state index >= 15 is 0 Å². The van der Waals surface area contributed by atoms with Crippen LogP contribution < -0.4 is 0 Å². The van der Waals surface area contributed by atoms with E-state index in [9.17, 15) is 4.79 Å². The van der Waals surface area contributed by atoms with E-state index in [2.05, 4.69) is 29.9 Å². The summed E-state index contributed by atoms with van der Waals surface area (Å²) in [6.07, 6.45) is 12.3. The van der Waals surface area contributed by atoms with Gasteiger partial charge in [-0.25, -0.2) is 0 Å². The fourth-order valence-electron chi connectivity index (χ4n) is 2.78. The molecule has 0 aromatic carbocycles. The predicted molar refractivity (Wildman–Crippen MR) is 89.9 cm³/mol. The van der Waals surface area contributed by atoms with E-state index in [0.717, 1.165) is 12.8 Å². The minimum absolute atomic E-state index is 0.337. The van der Waals surface area contributed by atoms with Gasteiger partial charge in [-0.15, -0.1) is 0 Å². The minimum Gasteiger partial charge on any atom is -0.481 e. The Bertz CT molecular complexity index is 409. The Labute approximate surface area is 134 Å². The van der Waals surface area contributed by atoms with Gasteiger partial charge in [-0.05, 0) is 44.5 Å². The first-order valence-electron chi connectivity index (χ1n) is 8.47. The van der Waals surface area contributed by atoms with Crippen molar-refractivity contribution in [2.24, 2.45) is 0 Å². The van der Waals surface area contributed by atoms with E-state index in [4.69, 9.17) is 5.11 Å². The fraction of sp³-hybridized carbons (Fsp3) is 0.667. The number of carboxylic acids is 1. The summed E-state index contributed by atoms with van der Waals surface area (Å²) in [5.41, 5.74) is 1.36. The normalized spacial score (nSPS) is 17.8. The van der Waals surface area contributed by atoms with E-state index in [1.54, 1.807) is 0 Å². The maximum absolute atomic E-state index is 10.0. The largest absolute Gasteiger partial charge is 0.481 e. The zero-order valence-electron chi connectivity index (χ0n) is 14.0. The Kier molecular flexibility index (Phi) is 9.47. The van der Waals surface area contributed by atoms with Gasteiger partial charge in [-0.3, -0.25) is 14.7 Å². The quantitative estimate of drug-likeness (QED) is 0.764. The molecule has 1 aromatic rings. The van der Waals surface area contributed by atoms with Crippen molar-refractivity contribution in [2.45, 2.75) is 64.3 Å². The Morgan fingerprint density at radius 2 is 2.14 bits per heavy atom. The summed E-state index contributed by atoms with van der Waals surface area (Å²) in [4.78, 5) is 16.6. The molecule has 1 unspecified atom stereocenters. The number of aliphatic carboxylic acids is 1. The third-order valence-electron chi connectivity index (χ3n) is 4.08. The molecule has 1 saturated heterocycles. The fourth-order valence-corrected chi connectivity index (χ4v) is 2.78. The number of unbranched alkanes of at least 4 members (excludes halogenated alkanes) is 4. The molecule has 124 valence electrons. The van der Waals surface area contributed by atoms with Crippen LogP contribution in [0.25, 0.3) is 0 Å². The molecule has 2 heterocycles. The second kappa shape index (κ2) is 11.2. The summed E-state index contributed by atoms with van der Waals surface area (Å²) < 4.78 is 0. The lowest BCUT2D eigenvalue weighted by atomic mass is 10.1. The van der Waals surface area contributed by atoms with Crippen molar-refractivity contribution in [3.05, 3.63) is 30.1 Å². The molecule has 0 amide bonds. The third kappa shape index (κ3) is 7.55. The standard InChI is InChI=1S/C10H14N2.C8H16O2/c1-12-7-3-5-10(12)9-4-2-6-11-8-9;1-2-3-4-5-6-7-8(9)10/h2,4,6,8,10H,3,5,7H2,1H3;2-7H2,1H3,(H,9,10). The van der Waals surface area contributed by atoms with Crippen LogP contribution in [-0.2, 0) is 4.79 Å². The summed E-state index contributed by atoms with van der Waals surface area (Å²) in [5, 5.41) is 8.27. The van der Waals surface area contributed by atoms with Crippen molar-refractivity contribution in [1.82, 2.24) is 9.88 Å². The van der Waals surface area contributed by atoms with E-state index in [1.807, 2.05) is 18.5 Å². The number of hydrogen-bond acceptors (Lipinski definition) is 3. The highest BCUT2D eigenvalue weighted by Crippen LogP contribution is 2.29. The molecule has 0 radical (unpaired) electrons. The van der Waals surface area contributed by atoms with Crippen LogP contribution in [0.2, 0.25) is 0 Å². The second-order valence-electron chi connectivity index (χ2n) is 5.98. The van der Waals surface area contributed by atoms with Gasteiger partial charge in [0.15, 0.2) is 0 Å². The Hall–Kier alpha value is -1.42. The van der Waals surface area contributed by atoms with Gasteiger partial charge < -0.3 is 5.11 Å². The number of carbonyl (C=O) groups is 1. The Morgan fingerprint density at radius 1 is 1.36 bits per heavy atom. The van der Waals surface area contributed by atoms with E-state index in [1.165, 1.54) is 44.2 Å². The number of hydrogen-bond donors (Lipinski definition) is 1. The molecule has 0 spiro atoms. The first kappa shape index (κ1) is 18.6. The summed E-state index contributed by atoms with van der Waals surface area (Å²) in [6.45, 7) is 3.37. The number of likely N-dealkylation sites (tertiary alicyclic amines) is 1. The summed E-state index contributed by atoms with van der Waals surface area (Å²) in [5.74, 6) is -0.670. The molecule has 1 atom stereocenters. The zero-order chi connectivity index (χ0) is 16.2. The average molecular weight is 306 g/mol. The molecular formula is C18H30N2O2. The van der Waals surface area contributed by atoms with Crippen molar-refractivity contribution in [1.29, 1.82) is 0 Å². The van der Waals surface area contributed by atoms with Gasteiger partial charge >= 0.3 is 5.97 Å². The van der Waals surface area contributed by atoms with Crippen molar-refractivity contribution in [2.75, 3.05) is 13.6 Å². The zero-order valence-corrected chi connectivity index (χ0v) is 14.0. The van der Waals surface area contributed by atoms with Crippen LogP contribution in [-0.4, -0.2) is 34.6 Å². The lowest BCUT2D eigenvalue weighted by molar-refractivity contribution is -0.137. The van der Waals surface area contributed by atoms with Crippen LogP contribution in [0.3, 0.4) is 0 Å². The monoisotopic (exact) mass is 306 g/mol. The summed E-state index contributed by atoms with van der Waals surface area (Å²) in [7, 11) is 2.19. The average Bonchev–Trinajstić information content (AvgIpc) is 2.94. The summed E-state index contributed by atoms with van der Waals surface area (Å²) in [6, 6.07) is 4.79. The van der Waals surface area contributed by atoms with E-state index < -0.39 is 5.97 Å². The molecule has 4 heteroatoms. The molecule has 1 aromatic heterocycles. The van der Waals surface area contributed by atoms with Gasteiger partial charge in [-0.1, -0.05) is 38.7 Å². The van der Waals surface area contributed by atoms with Crippen LogP contribution in [0.4, 0.5) is 0 Å². The number of carboxylic acid groups (broad SMARTS) is 1. The van der Waals surface area contributed by atoms with Gasteiger partial charge in [0.2, 0.25) is 0 Å². The first-order valence-corrected chi connectivity index (χ1v) is 8.47. The minimum atomic E-state index is -0.670. The number of aromatic nitrogens is 1. The highest BCUT2D eigenvalue weighted by Gasteiger charge is 2.21. The molecule has 0 saturated carbocycles. The molecular weight excluding hydrogens is 276 g/mol. The van der Waals surface area contributed by atoms with Gasteiger partial charge in [0.05, 0.1) is 0 Å². The Morgan fingerprint density at radius 3 is 2.68 bits per heavy atom. The van der Waals surface area contributed by atoms with Crippen LogP contribution in [0.1, 0.15) is 69.9 Å². The summed E-state index contributed by atoms with van der Waals surface area (Å²) >= 11 is 0. The highest BCUT2D eigenvalue weighted by molar-refractivity contribution is 5.66. The van der Waals surface area contributed by atoms with Crippen LogP contribution in [0, 0.1) is 0 Å². The molecule has 0 bridgehead atoms. The molecule has 1 aliphatic rings. The first-order chi connectivity index (χ1) is 10.6. The Balaban J connectivity index is 0.000000225. The van der Waals surface area contributed by atoms with E-state index in [0.29, 0.717) is 12.5 Å². The van der Waals surface area contributed by atoms with Gasteiger partial charge in [0.1, 0.15) is 0 Å². The maximum atomic E-state index is 10.0. The second-order valence-corrected chi connectivity index (χ2v) is 5.98. The van der Waals surface area contributed by atoms with Gasteiger partial charge in [-0.2, -0.15) is 0 Å². The number of pyridine rings is 1. The smallest absolute Gasteiger partial charge is 0.303 e. The highest BCUT2D eigenvalue weighted by atomic mass is 16.4. The molecule has 1 N–H and O–H groups in total. The predicted octanol–water partition coefficient (Wildman–Crippen LogP) is 4.28. The number of rotatable bonds is 7. The number of nitrogens with zero attached hydrogens (tertiary/aromatic N) is 2.